The van der Waals surface area contributed by atoms with Gasteiger partial charge in [0.25, 0.3) is 0 Å². The minimum atomic E-state index is 0.253. The normalized spacial score (nSPS) is 15.9. The summed E-state index contributed by atoms with van der Waals surface area (Å²) in [4.78, 5) is 0. The first-order chi connectivity index (χ1) is 5.16. The molecule has 66 valence electrons. The summed E-state index contributed by atoms with van der Waals surface area (Å²) in [6.07, 6.45) is 5.99. The van der Waals surface area contributed by atoms with Gasteiger partial charge < -0.3 is 0 Å². The van der Waals surface area contributed by atoms with E-state index in [9.17, 15) is 0 Å². The van der Waals surface area contributed by atoms with Crippen molar-refractivity contribution in [2.75, 3.05) is 0 Å². The van der Waals surface area contributed by atoms with Crippen LogP contribution in [0.25, 0.3) is 0 Å². The lowest BCUT2D eigenvalue weighted by atomic mass is 10.1. The molecule has 0 aromatic carbocycles. The van der Waals surface area contributed by atoms with Crippen molar-refractivity contribution in [1.82, 2.24) is 0 Å². The van der Waals surface area contributed by atoms with Crippen molar-refractivity contribution >= 4 is 23.2 Å². The monoisotopic (exact) mass is 194 g/mol. The van der Waals surface area contributed by atoms with Crippen molar-refractivity contribution < 1.29 is 0 Å². The van der Waals surface area contributed by atoms with Crippen LogP contribution in [0.4, 0.5) is 0 Å². The van der Waals surface area contributed by atoms with Gasteiger partial charge in [0, 0.05) is 10.8 Å². The van der Waals surface area contributed by atoms with Gasteiger partial charge in [0.2, 0.25) is 0 Å². The van der Waals surface area contributed by atoms with Crippen molar-refractivity contribution in [2.24, 2.45) is 0 Å². The summed E-state index contributed by atoms with van der Waals surface area (Å²) < 4.78 is 0. The van der Waals surface area contributed by atoms with Gasteiger partial charge in [0.15, 0.2) is 0 Å². The predicted molar refractivity (Wildman–Crippen MR) is 53.6 cm³/mol. The Bertz CT molecular complexity index is 99.7. The van der Waals surface area contributed by atoms with Gasteiger partial charge in [-0.15, -0.1) is 29.8 Å². The average Bonchev–Trinajstić information content (AvgIpc) is 1.87. The van der Waals surface area contributed by atoms with E-state index in [-0.39, 0.29) is 10.8 Å². The third-order valence-corrected chi connectivity index (χ3v) is 2.16. The molecular formula is C9H16Cl2. The van der Waals surface area contributed by atoms with Gasteiger partial charge in [-0.3, -0.25) is 0 Å². The molecule has 0 amide bonds. The molecule has 0 nitrogen and oxygen atoms in total. The van der Waals surface area contributed by atoms with Gasteiger partial charge in [0.1, 0.15) is 0 Å². The fraction of sp³-hybridized carbons (Fsp3) is 0.778. The SMILES string of the molecule is C=CCC(Cl)CCCC(C)Cl. The minimum Gasteiger partial charge on any atom is -0.123 e. The molecule has 2 heteroatoms. The molecule has 0 fully saturated rings. The summed E-state index contributed by atoms with van der Waals surface area (Å²) in [7, 11) is 0. The quantitative estimate of drug-likeness (QED) is 0.444. The molecule has 0 saturated carbocycles. The Morgan fingerprint density at radius 1 is 1.36 bits per heavy atom. The van der Waals surface area contributed by atoms with Gasteiger partial charge in [0.05, 0.1) is 0 Å². The zero-order valence-corrected chi connectivity index (χ0v) is 8.54. The Kier molecular flexibility index (Phi) is 7.20. The van der Waals surface area contributed by atoms with Crippen molar-refractivity contribution in [3.05, 3.63) is 12.7 Å². The summed E-state index contributed by atoms with van der Waals surface area (Å²) in [6.45, 7) is 5.65. The molecular weight excluding hydrogens is 179 g/mol. The highest BCUT2D eigenvalue weighted by molar-refractivity contribution is 6.20. The minimum absolute atomic E-state index is 0.253. The molecule has 0 aliphatic rings. The van der Waals surface area contributed by atoms with E-state index in [4.69, 9.17) is 23.2 Å². The first kappa shape index (κ1) is 11.3. The van der Waals surface area contributed by atoms with Gasteiger partial charge >= 0.3 is 0 Å². The summed E-state index contributed by atoms with van der Waals surface area (Å²) in [5.74, 6) is 0. The maximum absolute atomic E-state index is 5.95. The lowest BCUT2D eigenvalue weighted by molar-refractivity contribution is 0.647. The summed E-state index contributed by atoms with van der Waals surface area (Å²) in [5.41, 5.74) is 0. The third kappa shape index (κ3) is 8.22. The van der Waals surface area contributed by atoms with Crippen molar-refractivity contribution in [1.29, 1.82) is 0 Å². The molecule has 0 radical (unpaired) electrons. The first-order valence-corrected chi connectivity index (χ1v) is 4.93. The smallest absolute Gasteiger partial charge is 0.0370 e. The molecule has 0 aliphatic carbocycles. The Balaban J connectivity index is 3.16. The van der Waals surface area contributed by atoms with Gasteiger partial charge in [-0.2, -0.15) is 0 Å². The van der Waals surface area contributed by atoms with Crippen LogP contribution in [-0.2, 0) is 0 Å². The number of halogens is 2. The lowest BCUT2D eigenvalue weighted by Crippen LogP contribution is -1.98. The summed E-state index contributed by atoms with van der Waals surface area (Å²) in [5, 5.41) is 0.533. The Labute approximate surface area is 79.6 Å². The second-order valence-corrected chi connectivity index (χ2v) is 4.20. The van der Waals surface area contributed by atoms with Crippen LogP contribution >= 0.6 is 23.2 Å². The van der Waals surface area contributed by atoms with Gasteiger partial charge in [-0.25, -0.2) is 0 Å². The van der Waals surface area contributed by atoms with Crippen LogP contribution in [0.3, 0.4) is 0 Å². The van der Waals surface area contributed by atoms with Crippen LogP contribution in [0.1, 0.15) is 32.6 Å². The molecule has 2 unspecified atom stereocenters. The molecule has 0 aromatic heterocycles. The molecule has 0 aromatic rings. The molecule has 2 atom stereocenters. The van der Waals surface area contributed by atoms with Crippen molar-refractivity contribution in [2.45, 2.75) is 43.4 Å². The van der Waals surface area contributed by atoms with Crippen LogP contribution in [0.15, 0.2) is 12.7 Å². The lowest BCUT2D eigenvalue weighted by Gasteiger charge is -2.06. The van der Waals surface area contributed by atoms with Crippen LogP contribution in [-0.4, -0.2) is 10.8 Å². The third-order valence-electron chi connectivity index (χ3n) is 1.54. The molecule has 11 heavy (non-hydrogen) atoms. The van der Waals surface area contributed by atoms with Gasteiger partial charge in [-0.1, -0.05) is 12.5 Å². The molecule has 0 bridgehead atoms. The largest absolute Gasteiger partial charge is 0.123 e. The maximum atomic E-state index is 5.95. The molecule has 0 rings (SSSR count). The van der Waals surface area contributed by atoms with E-state index in [1.165, 1.54) is 0 Å². The molecule has 0 N–H and O–H groups in total. The predicted octanol–water partition coefficient (Wildman–Crippen LogP) is 3.97. The van der Waals surface area contributed by atoms with E-state index in [1.54, 1.807) is 0 Å². The van der Waals surface area contributed by atoms with E-state index in [2.05, 4.69) is 6.58 Å². The fourth-order valence-electron chi connectivity index (χ4n) is 0.919. The molecule has 0 saturated heterocycles. The topological polar surface area (TPSA) is 0 Å². The van der Waals surface area contributed by atoms with E-state index in [0.29, 0.717) is 0 Å². The second-order valence-electron chi connectivity index (χ2n) is 2.83. The van der Waals surface area contributed by atoms with Crippen LogP contribution in [0.2, 0.25) is 0 Å². The zero-order chi connectivity index (χ0) is 8.69. The number of alkyl halides is 2. The highest BCUT2D eigenvalue weighted by atomic mass is 35.5. The van der Waals surface area contributed by atoms with E-state index >= 15 is 0 Å². The first-order valence-electron chi connectivity index (χ1n) is 4.06. The average molecular weight is 195 g/mol. The van der Waals surface area contributed by atoms with E-state index in [0.717, 1.165) is 25.7 Å². The van der Waals surface area contributed by atoms with Crippen molar-refractivity contribution in [3.8, 4) is 0 Å². The van der Waals surface area contributed by atoms with Gasteiger partial charge in [-0.05, 0) is 26.2 Å². The number of hydrogen-bond donors (Lipinski definition) is 0. The van der Waals surface area contributed by atoms with Crippen LogP contribution < -0.4 is 0 Å². The van der Waals surface area contributed by atoms with Crippen molar-refractivity contribution in [3.63, 3.8) is 0 Å². The molecule has 0 heterocycles. The number of rotatable bonds is 6. The summed E-state index contributed by atoms with van der Waals surface area (Å²) >= 11 is 11.7. The standard InChI is InChI=1S/C9H16Cl2/c1-3-5-9(11)7-4-6-8(2)10/h3,8-9H,1,4-7H2,2H3. The number of hydrogen-bond acceptors (Lipinski definition) is 0. The Morgan fingerprint density at radius 3 is 2.45 bits per heavy atom. The highest BCUT2D eigenvalue weighted by Crippen LogP contribution is 2.14. The van der Waals surface area contributed by atoms with E-state index < -0.39 is 0 Å². The Morgan fingerprint density at radius 2 is 2.00 bits per heavy atom. The molecule has 0 spiro atoms. The van der Waals surface area contributed by atoms with Crippen LogP contribution in [0.5, 0.6) is 0 Å². The fourth-order valence-corrected chi connectivity index (χ4v) is 1.35. The van der Waals surface area contributed by atoms with Crippen LogP contribution in [0, 0.1) is 0 Å². The highest BCUT2D eigenvalue weighted by Gasteiger charge is 2.02. The Hall–Kier alpha value is 0.320. The maximum Gasteiger partial charge on any atom is 0.0370 e. The second kappa shape index (κ2) is 7.00. The zero-order valence-electron chi connectivity index (χ0n) is 7.02. The van der Waals surface area contributed by atoms with E-state index in [1.807, 2.05) is 13.0 Å². The summed E-state index contributed by atoms with van der Waals surface area (Å²) in [6, 6.07) is 0. The molecule has 0 aliphatic heterocycles. The number of allylic oxidation sites excluding steroid dienone is 1.